The van der Waals surface area contributed by atoms with E-state index in [0.717, 1.165) is 29.0 Å². The Labute approximate surface area is 128 Å². The van der Waals surface area contributed by atoms with E-state index in [2.05, 4.69) is 40.0 Å². The molecule has 1 aliphatic heterocycles. The van der Waals surface area contributed by atoms with Gasteiger partial charge in [-0.25, -0.2) is 4.39 Å². The van der Waals surface area contributed by atoms with E-state index < -0.39 is 0 Å². The fourth-order valence-electron chi connectivity index (χ4n) is 3.00. The van der Waals surface area contributed by atoms with Crippen molar-refractivity contribution in [1.82, 2.24) is 10.2 Å². The van der Waals surface area contributed by atoms with Crippen LogP contribution in [0.25, 0.3) is 0 Å². The standard InChI is InChI=1S/C16H22BrFN2/c1-16(2)10-19-15(11-3-4-11)9-20(16)8-12-7-13(17)5-6-14(12)18/h5-7,11,15,19H,3-4,8-10H2,1-2H3. The van der Waals surface area contributed by atoms with Crippen molar-refractivity contribution in [1.29, 1.82) is 0 Å². The smallest absolute Gasteiger partial charge is 0.127 e. The highest BCUT2D eigenvalue weighted by Crippen LogP contribution is 2.36. The molecule has 1 aromatic rings. The molecule has 1 saturated carbocycles. The van der Waals surface area contributed by atoms with Crippen molar-refractivity contribution < 1.29 is 4.39 Å². The van der Waals surface area contributed by atoms with Crippen LogP contribution in [-0.2, 0) is 6.54 Å². The zero-order valence-corrected chi connectivity index (χ0v) is 13.7. The van der Waals surface area contributed by atoms with Crippen LogP contribution in [-0.4, -0.2) is 29.6 Å². The summed E-state index contributed by atoms with van der Waals surface area (Å²) in [6.07, 6.45) is 2.69. The van der Waals surface area contributed by atoms with Gasteiger partial charge in [0.25, 0.3) is 0 Å². The van der Waals surface area contributed by atoms with Crippen molar-refractivity contribution in [3.63, 3.8) is 0 Å². The van der Waals surface area contributed by atoms with Crippen molar-refractivity contribution in [2.45, 2.75) is 44.8 Å². The summed E-state index contributed by atoms with van der Waals surface area (Å²) in [7, 11) is 0. The number of hydrogen-bond acceptors (Lipinski definition) is 2. The largest absolute Gasteiger partial charge is 0.311 e. The Balaban J connectivity index is 1.77. The minimum Gasteiger partial charge on any atom is -0.311 e. The second kappa shape index (κ2) is 5.39. The Morgan fingerprint density at radius 2 is 2.15 bits per heavy atom. The molecule has 0 spiro atoms. The molecule has 20 heavy (non-hydrogen) atoms. The molecule has 1 N–H and O–H groups in total. The third-order valence-corrected chi connectivity index (χ3v) is 5.12. The fourth-order valence-corrected chi connectivity index (χ4v) is 3.41. The number of halogens is 2. The molecule has 2 nitrogen and oxygen atoms in total. The van der Waals surface area contributed by atoms with Crippen LogP contribution in [0.3, 0.4) is 0 Å². The molecule has 1 aromatic carbocycles. The first kappa shape index (κ1) is 14.5. The molecule has 1 saturated heterocycles. The quantitative estimate of drug-likeness (QED) is 0.905. The Morgan fingerprint density at radius 3 is 2.85 bits per heavy atom. The number of nitrogens with zero attached hydrogens (tertiary/aromatic N) is 1. The first-order valence-corrected chi connectivity index (χ1v) is 8.17. The summed E-state index contributed by atoms with van der Waals surface area (Å²) >= 11 is 3.44. The normalized spacial score (nSPS) is 26.7. The van der Waals surface area contributed by atoms with E-state index in [1.807, 2.05) is 6.07 Å². The molecule has 0 radical (unpaired) electrons. The van der Waals surface area contributed by atoms with Gasteiger partial charge in [-0.3, -0.25) is 4.90 Å². The molecule has 1 aliphatic carbocycles. The summed E-state index contributed by atoms with van der Waals surface area (Å²) in [5.74, 6) is 0.728. The lowest BCUT2D eigenvalue weighted by molar-refractivity contribution is 0.0524. The predicted molar refractivity (Wildman–Crippen MR) is 83.1 cm³/mol. The van der Waals surface area contributed by atoms with Crippen LogP contribution in [0, 0.1) is 11.7 Å². The summed E-state index contributed by atoms with van der Waals surface area (Å²) < 4.78 is 14.9. The van der Waals surface area contributed by atoms with Crippen LogP contribution in [0.1, 0.15) is 32.3 Å². The molecule has 1 heterocycles. The Hall–Kier alpha value is -0.450. The van der Waals surface area contributed by atoms with Gasteiger partial charge in [0.1, 0.15) is 5.82 Å². The van der Waals surface area contributed by atoms with Crippen molar-refractivity contribution in [3.05, 3.63) is 34.1 Å². The van der Waals surface area contributed by atoms with Crippen LogP contribution in [0.5, 0.6) is 0 Å². The van der Waals surface area contributed by atoms with Crippen molar-refractivity contribution in [3.8, 4) is 0 Å². The maximum atomic E-state index is 14.0. The Kier molecular flexibility index (Phi) is 3.91. The average Bonchev–Trinajstić information content (AvgIpc) is 3.20. The number of piperazine rings is 1. The van der Waals surface area contributed by atoms with Gasteiger partial charge < -0.3 is 5.32 Å². The molecule has 110 valence electrons. The van der Waals surface area contributed by atoms with Crippen LogP contribution in [0.4, 0.5) is 4.39 Å². The van der Waals surface area contributed by atoms with Crippen molar-refractivity contribution >= 4 is 15.9 Å². The van der Waals surface area contributed by atoms with E-state index in [4.69, 9.17) is 0 Å². The molecule has 0 aromatic heterocycles. The Bertz CT molecular complexity index is 499. The highest BCUT2D eigenvalue weighted by Gasteiger charge is 2.40. The fraction of sp³-hybridized carbons (Fsp3) is 0.625. The maximum Gasteiger partial charge on any atom is 0.127 e. The van der Waals surface area contributed by atoms with Gasteiger partial charge in [0.15, 0.2) is 0 Å². The van der Waals surface area contributed by atoms with Gasteiger partial charge in [-0.2, -0.15) is 0 Å². The van der Waals surface area contributed by atoms with E-state index in [0.29, 0.717) is 12.6 Å². The number of nitrogens with one attached hydrogen (secondary N) is 1. The van der Waals surface area contributed by atoms with Crippen LogP contribution in [0.15, 0.2) is 22.7 Å². The number of benzene rings is 1. The summed E-state index contributed by atoms with van der Waals surface area (Å²) in [6.45, 7) is 7.15. The van der Waals surface area contributed by atoms with Gasteiger partial charge in [-0.05, 0) is 50.8 Å². The molecule has 3 rings (SSSR count). The minimum atomic E-state index is -0.106. The van der Waals surface area contributed by atoms with E-state index in [1.54, 1.807) is 12.1 Å². The lowest BCUT2D eigenvalue weighted by Crippen LogP contribution is -2.62. The molecule has 4 heteroatoms. The molecule has 2 fully saturated rings. The number of hydrogen-bond donors (Lipinski definition) is 1. The van der Waals surface area contributed by atoms with Gasteiger partial charge in [-0.1, -0.05) is 15.9 Å². The number of rotatable bonds is 3. The van der Waals surface area contributed by atoms with E-state index in [-0.39, 0.29) is 11.4 Å². The van der Waals surface area contributed by atoms with Crippen LogP contribution >= 0.6 is 15.9 Å². The first-order chi connectivity index (χ1) is 9.45. The lowest BCUT2D eigenvalue weighted by Gasteiger charge is -2.46. The van der Waals surface area contributed by atoms with Gasteiger partial charge in [-0.15, -0.1) is 0 Å². The Morgan fingerprint density at radius 1 is 1.40 bits per heavy atom. The molecule has 0 bridgehead atoms. The molecule has 1 atom stereocenters. The molecular weight excluding hydrogens is 319 g/mol. The zero-order chi connectivity index (χ0) is 14.3. The molecular formula is C16H22BrFN2. The van der Waals surface area contributed by atoms with Crippen molar-refractivity contribution in [2.75, 3.05) is 13.1 Å². The third kappa shape index (κ3) is 3.07. The van der Waals surface area contributed by atoms with Gasteiger partial charge in [0, 0.05) is 41.3 Å². The minimum absolute atomic E-state index is 0.0696. The maximum absolute atomic E-state index is 14.0. The van der Waals surface area contributed by atoms with Gasteiger partial charge in [0.2, 0.25) is 0 Å². The summed E-state index contributed by atoms with van der Waals surface area (Å²) in [5.41, 5.74) is 0.851. The third-order valence-electron chi connectivity index (χ3n) is 4.63. The highest BCUT2D eigenvalue weighted by atomic mass is 79.9. The predicted octanol–water partition coefficient (Wildman–Crippen LogP) is 3.55. The van der Waals surface area contributed by atoms with Gasteiger partial charge in [0.05, 0.1) is 0 Å². The van der Waals surface area contributed by atoms with E-state index in [1.165, 1.54) is 12.8 Å². The van der Waals surface area contributed by atoms with Crippen LogP contribution < -0.4 is 5.32 Å². The van der Waals surface area contributed by atoms with E-state index in [9.17, 15) is 4.39 Å². The van der Waals surface area contributed by atoms with Crippen molar-refractivity contribution in [2.24, 2.45) is 5.92 Å². The second-order valence-electron chi connectivity index (χ2n) is 6.75. The zero-order valence-electron chi connectivity index (χ0n) is 12.1. The summed E-state index contributed by atoms with van der Waals surface area (Å²) in [6, 6.07) is 5.79. The molecule has 1 unspecified atom stereocenters. The first-order valence-electron chi connectivity index (χ1n) is 7.38. The lowest BCUT2D eigenvalue weighted by atomic mass is 9.95. The van der Waals surface area contributed by atoms with Gasteiger partial charge >= 0.3 is 0 Å². The topological polar surface area (TPSA) is 15.3 Å². The SMILES string of the molecule is CC1(C)CNC(C2CC2)CN1Cc1cc(Br)ccc1F. The second-order valence-corrected chi connectivity index (χ2v) is 7.67. The average molecular weight is 341 g/mol. The molecule has 0 amide bonds. The van der Waals surface area contributed by atoms with E-state index >= 15 is 0 Å². The summed E-state index contributed by atoms with van der Waals surface area (Å²) in [4.78, 5) is 2.43. The highest BCUT2D eigenvalue weighted by molar-refractivity contribution is 9.10. The summed E-state index contributed by atoms with van der Waals surface area (Å²) in [5, 5.41) is 3.67. The van der Waals surface area contributed by atoms with Crippen LogP contribution in [0.2, 0.25) is 0 Å². The monoisotopic (exact) mass is 340 g/mol. The molecule has 2 aliphatic rings.